The highest BCUT2D eigenvalue weighted by atomic mass is 32.2. The van der Waals surface area contributed by atoms with Crippen LogP contribution in [0, 0.1) is 5.92 Å². The van der Waals surface area contributed by atoms with Crippen molar-refractivity contribution in [3.8, 4) is 0 Å². The highest BCUT2D eigenvalue weighted by molar-refractivity contribution is 7.89. The molecule has 0 aliphatic rings. The van der Waals surface area contributed by atoms with E-state index in [0.717, 1.165) is 11.3 Å². The van der Waals surface area contributed by atoms with Gasteiger partial charge in [-0.1, -0.05) is 19.9 Å². The van der Waals surface area contributed by atoms with E-state index in [9.17, 15) is 13.2 Å². The van der Waals surface area contributed by atoms with Crippen molar-refractivity contribution in [2.75, 3.05) is 0 Å². The van der Waals surface area contributed by atoms with E-state index >= 15 is 0 Å². The van der Waals surface area contributed by atoms with Gasteiger partial charge in [0.05, 0.1) is 6.04 Å². The number of nitrogens with one attached hydrogen (secondary N) is 1. The lowest BCUT2D eigenvalue weighted by molar-refractivity contribution is 0.0899. The second-order valence-corrected chi connectivity index (χ2v) is 7.81. The molecule has 0 aromatic carbocycles. The largest absolute Gasteiger partial charge is 0.438 e. The van der Waals surface area contributed by atoms with Gasteiger partial charge in [-0.05, 0) is 35.9 Å². The normalized spacial score (nSPS) is 13.3. The summed E-state index contributed by atoms with van der Waals surface area (Å²) in [6, 6.07) is 6.21. The third-order valence-electron chi connectivity index (χ3n) is 2.98. The van der Waals surface area contributed by atoms with Gasteiger partial charge >= 0.3 is 0 Å². The molecular formula is C14H18N2O4S2. The molecule has 1 atom stereocenters. The number of carbonyl (C=O) groups is 1. The fourth-order valence-electron chi connectivity index (χ4n) is 2.03. The zero-order valence-electron chi connectivity index (χ0n) is 12.3. The molecule has 0 aliphatic carbocycles. The van der Waals surface area contributed by atoms with E-state index in [1.165, 1.54) is 12.1 Å². The summed E-state index contributed by atoms with van der Waals surface area (Å²) in [5.74, 6) is -0.146. The molecule has 0 spiro atoms. The van der Waals surface area contributed by atoms with Gasteiger partial charge in [0.2, 0.25) is 5.09 Å². The molecule has 0 radical (unpaired) electrons. The van der Waals surface area contributed by atoms with Crippen LogP contribution in [-0.2, 0) is 10.0 Å². The van der Waals surface area contributed by atoms with Crippen LogP contribution in [0.3, 0.4) is 0 Å². The molecule has 120 valence electrons. The lowest BCUT2D eigenvalue weighted by atomic mass is 10.0. The van der Waals surface area contributed by atoms with Crippen molar-refractivity contribution in [2.45, 2.75) is 31.4 Å². The van der Waals surface area contributed by atoms with Crippen LogP contribution in [0.1, 0.15) is 41.7 Å². The van der Waals surface area contributed by atoms with E-state index in [0.29, 0.717) is 5.92 Å². The van der Waals surface area contributed by atoms with Crippen molar-refractivity contribution >= 4 is 27.3 Å². The quantitative estimate of drug-likeness (QED) is 0.842. The summed E-state index contributed by atoms with van der Waals surface area (Å²) < 4.78 is 27.4. The molecule has 2 heterocycles. The molecule has 0 fully saturated rings. The third kappa shape index (κ3) is 4.19. The zero-order valence-corrected chi connectivity index (χ0v) is 13.9. The summed E-state index contributed by atoms with van der Waals surface area (Å²) in [7, 11) is -3.95. The van der Waals surface area contributed by atoms with Crippen molar-refractivity contribution in [3.05, 3.63) is 40.3 Å². The highest BCUT2D eigenvalue weighted by Crippen LogP contribution is 2.26. The van der Waals surface area contributed by atoms with Gasteiger partial charge in [-0.2, -0.15) is 0 Å². The summed E-state index contributed by atoms with van der Waals surface area (Å²) in [6.07, 6.45) is 0.773. The van der Waals surface area contributed by atoms with Crippen molar-refractivity contribution in [1.29, 1.82) is 0 Å². The SMILES string of the molecule is CC(C)CC(NC(=O)c1ccc(S(N)(=O)=O)o1)c1cccs1. The highest BCUT2D eigenvalue weighted by Gasteiger charge is 2.22. The number of furan rings is 1. The van der Waals surface area contributed by atoms with Crippen molar-refractivity contribution in [2.24, 2.45) is 11.1 Å². The van der Waals surface area contributed by atoms with Gasteiger partial charge in [-0.3, -0.25) is 4.79 Å². The Kier molecular flexibility index (Phi) is 5.05. The molecule has 1 unspecified atom stereocenters. The molecular weight excluding hydrogens is 324 g/mol. The minimum Gasteiger partial charge on any atom is -0.438 e. The monoisotopic (exact) mass is 342 g/mol. The predicted octanol–water partition coefficient (Wildman–Crippen LogP) is 2.51. The molecule has 2 rings (SSSR count). The lowest BCUT2D eigenvalue weighted by Crippen LogP contribution is -2.28. The van der Waals surface area contributed by atoms with E-state index in [-0.39, 0.29) is 11.8 Å². The first-order chi connectivity index (χ1) is 10.3. The van der Waals surface area contributed by atoms with Gasteiger partial charge in [-0.25, -0.2) is 13.6 Å². The molecule has 0 bridgehead atoms. The van der Waals surface area contributed by atoms with E-state index in [1.807, 2.05) is 17.5 Å². The van der Waals surface area contributed by atoms with Gasteiger partial charge in [0.25, 0.3) is 15.9 Å². The minimum atomic E-state index is -3.95. The molecule has 3 N–H and O–H groups in total. The van der Waals surface area contributed by atoms with E-state index in [2.05, 4.69) is 19.2 Å². The van der Waals surface area contributed by atoms with Crippen LogP contribution in [0.15, 0.2) is 39.2 Å². The van der Waals surface area contributed by atoms with Crippen molar-refractivity contribution < 1.29 is 17.6 Å². The minimum absolute atomic E-state index is 0.0747. The van der Waals surface area contributed by atoms with Crippen LogP contribution < -0.4 is 10.5 Å². The molecule has 22 heavy (non-hydrogen) atoms. The van der Waals surface area contributed by atoms with Gasteiger partial charge in [0.15, 0.2) is 5.76 Å². The average Bonchev–Trinajstić information content (AvgIpc) is 3.08. The van der Waals surface area contributed by atoms with E-state index in [1.54, 1.807) is 11.3 Å². The maximum Gasteiger partial charge on any atom is 0.287 e. The Hall–Kier alpha value is -1.64. The van der Waals surface area contributed by atoms with Crippen molar-refractivity contribution in [3.63, 3.8) is 0 Å². The van der Waals surface area contributed by atoms with Crippen LogP contribution in [0.25, 0.3) is 0 Å². The van der Waals surface area contributed by atoms with Crippen LogP contribution >= 0.6 is 11.3 Å². The maximum absolute atomic E-state index is 12.2. The number of thiophene rings is 1. The average molecular weight is 342 g/mol. The Morgan fingerprint density at radius 1 is 1.36 bits per heavy atom. The Morgan fingerprint density at radius 3 is 2.59 bits per heavy atom. The summed E-state index contributed by atoms with van der Waals surface area (Å²) in [5.41, 5.74) is 0. The fourth-order valence-corrected chi connectivity index (χ4v) is 3.29. The number of hydrogen-bond donors (Lipinski definition) is 2. The van der Waals surface area contributed by atoms with Gasteiger partial charge in [0.1, 0.15) is 0 Å². The molecule has 6 nitrogen and oxygen atoms in total. The summed E-state index contributed by atoms with van der Waals surface area (Å²) in [5, 5.41) is 9.36. The Morgan fingerprint density at radius 2 is 2.09 bits per heavy atom. The van der Waals surface area contributed by atoms with E-state index in [4.69, 9.17) is 9.56 Å². The van der Waals surface area contributed by atoms with Crippen LogP contribution in [0.4, 0.5) is 0 Å². The number of amides is 1. The summed E-state index contributed by atoms with van der Waals surface area (Å²) in [6.45, 7) is 4.14. The molecule has 0 saturated carbocycles. The number of nitrogens with two attached hydrogens (primary N) is 1. The molecule has 0 saturated heterocycles. The number of primary sulfonamides is 1. The van der Waals surface area contributed by atoms with Gasteiger partial charge in [-0.15, -0.1) is 11.3 Å². The number of rotatable bonds is 6. The lowest BCUT2D eigenvalue weighted by Gasteiger charge is -2.18. The Labute approximate surface area is 133 Å². The van der Waals surface area contributed by atoms with E-state index < -0.39 is 21.0 Å². The standard InChI is InChI=1S/C14H18N2O4S2/c1-9(2)8-10(12-4-3-7-21-12)16-14(17)11-5-6-13(20-11)22(15,18)19/h3-7,9-10H,8H2,1-2H3,(H,16,17)(H2,15,18,19). The Bertz CT molecular complexity index is 733. The zero-order chi connectivity index (χ0) is 16.3. The fraction of sp³-hybridized carbons (Fsp3) is 0.357. The topological polar surface area (TPSA) is 102 Å². The summed E-state index contributed by atoms with van der Waals surface area (Å²) in [4.78, 5) is 13.3. The second-order valence-electron chi connectivity index (χ2n) is 5.33. The van der Waals surface area contributed by atoms with Gasteiger partial charge < -0.3 is 9.73 Å². The molecule has 2 aromatic heterocycles. The molecule has 8 heteroatoms. The molecule has 0 aliphatic heterocycles. The number of sulfonamides is 1. The summed E-state index contributed by atoms with van der Waals surface area (Å²) >= 11 is 1.56. The maximum atomic E-state index is 12.2. The smallest absolute Gasteiger partial charge is 0.287 e. The molecule has 2 aromatic rings. The Balaban J connectivity index is 2.16. The number of hydrogen-bond acceptors (Lipinski definition) is 5. The number of carbonyl (C=O) groups excluding carboxylic acids is 1. The molecule has 1 amide bonds. The van der Waals surface area contributed by atoms with Crippen LogP contribution in [0.2, 0.25) is 0 Å². The van der Waals surface area contributed by atoms with Crippen LogP contribution in [0.5, 0.6) is 0 Å². The predicted molar refractivity (Wildman–Crippen MR) is 84.1 cm³/mol. The third-order valence-corrected chi connectivity index (χ3v) is 4.75. The van der Waals surface area contributed by atoms with Gasteiger partial charge in [0, 0.05) is 4.88 Å². The first-order valence-corrected chi connectivity index (χ1v) is 9.17. The first kappa shape index (κ1) is 16.7. The first-order valence-electron chi connectivity index (χ1n) is 6.74. The van der Waals surface area contributed by atoms with Crippen LogP contribution in [-0.4, -0.2) is 14.3 Å². The van der Waals surface area contributed by atoms with Crippen molar-refractivity contribution in [1.82, 2.24) is 5.32 Å². The second kappa shape index (κ2) is 6.64.